The summed E-state index contributed by atoms with van der Waals surface area (Å²) in [4.78, 5) is 12.9. The van der Waals surface area contributed by atoms with E-state index in [4.69, 9.17) is 11.6 Å². The summed E-state index contributed by atoms with van der Waals surface area (Å²) in [6, 6.07) is 21.8. The standard InChI is InChI=1S/C28H26ClN3O5S2/c1-18-7-11-23(12-8-18)31-39(36,37)27-17-21(10-9-19(27)2)28(33)30-22-13-15-24(16-14-22)38(34,35)32-26-6-4-5-25(29)20(26)3/h4-17,31-32H,1-3H3,(H,30,33). The second-order valence-electron chi connectivity index (χ2n) is 8.95. The number of carbonyl (C=O) groups is 1. The minimum atomic E-state index is -3.95. The van der Waals surface area contributed by atoms with Crippen LogP contribution in [0.4, 0.5) is 17.1 Å². The fraction of sp³-hybridized carbons (Fsp3) is 0.107. The number of aryl methyl sites for hydroxylation is 2. The Hall–Kier alpha value is -3.86. The van der Waals surface area contributed by atoms with E-state index in [0.29, 0.717) is 33.2 Å². The van der Waals surface area contributed by atoms with E-state index in [9.17, 15) is 21.6 Å². The highest BCUT2D eigenvalue weighted by atomic mass is 35.5. The van der Waals surface area contributed by atoms with Crippen molar-refractivity contribution in [2.45, 2.75) is 30.6 Å². The van der Waals surface area contributed by atoms with Crippen LogP contribution in [0.3, 0.4) is 0 Å². The Balaban J connectivity index is 1.50. The Bertz CT molecular complexity index is 1750. The van der Waals surface area contributed by atoms with Crippen LogP contribution in [0.2, 0.25) is 5.02 Å². The van der Waals surface area contributed by atoms with Gasteiger partial charge in [0.1, 0.15) is 0 Å². The van der Waals surface area contributed by atoms with Crippen LogP contribution in [0.1, 0.15) is 27.0 Å². The summed E-state index contributed by atoms with van der Waals surface area (Å²) in [6.45, 7) is 5.25. The molecular weight excluding hydrogens is 558 g/mol. The summed E-state index contributed by atoms with van der Waals surface area (Å²) >= 11 is 6.08. The molecule has 39 heavy (non-hydrogen) atoms. The number of sulfonamides is 2. The van der Waals surface area contributed by atoms with Crippen LogP contribution in [0, 0.1) is 20.8 Å². The zero-order chi connectivity index (χ0) is 28.4. The third-order valence-corrected chi connectivity index (χ3v) is 9.29. The number of nitrogens with one attached hydrogen (secondary N) is 3. The molecule has 0 aromatic heterocycles. The number of carbonyl (C=O) groups excluding carboxylic acids is 1. The summed E-state index contributed by atoms with van der Waals surface area (Å²) in [7, 11) is -7.85. The molecule has 4 aromatic carbocycles. The molecule has 0 aliphatic carbocycles. The summed E-state index contributed by atoms with van der Waals surface area (Å²) in [5.41, 5.74) is 3.29. The maximum absolute atomic E-state index is 13.0. The largest absolute Gasteiger partial charge is 0.322 e. The molecule has 0 saturated heterocycles. The first-order valence-corrected chi connectivity index (χ1v) is 15.1. The van der Waals surface area contributed by atoms with E-state index in [2.05, 4.69) is 14.8 Å². The molecule has 8 nitrogen and oxygen atoms in total. The number of benzene rings is 4. The quantitative estimate of drug-likeness (QED) is 0.231. The Labute approximate surface area is 233 Å². The Morgan fingerprint density at radius 1 is 0.718 bits per heavy atom. The minimum Gasteiger partial charge on any atom is -0.322 e. The second kappa shape index (κ2) is 11.1. The number of hydrogen-bond donors (Lipinski definition) is 3. The van der Waals surface area contributed by atoms with Crippen LogP contribution >= 0.6 is 11.6 Å². The first kappa shape index (κ1) is 28.2. The molecule has 0 aliphatic rings. The Kier molecular flexibility index (Phi) is 8.01. The molecule has 0 radical (unpaired) electrons. The maximum Gasteiger partial charge on any atom is 0.262 e. The molecule has 202 valence electrons. The molecule has 0 fully saturated rings. The highest BCUT2D eigenvalue weighted by Gasteiger charge is 2.20. The minimum absolute atomic E-state index is 0.00855. The van der Waals surface area contributed by atoms with Crippen LogP contribution in [0.25, 0.3) is 0 Å². The van der Waals surface area contributed by atoms with E-state index < -0.39 is 26.0 Å². The van der Waals surface area contributed by atoms with E-state index >= 15 is 0 Å². The highest BCUT2D eigenvalue weighted by Crippen LogP contribution is 2.26. The molecule has 0 unspecified atom stereocenters. The van der Waals surface area contributed by atoms with E-state index in [-0.39, 0.29) is 15.4 Å². The number of halogens is 1. The molecule has 0 saturated carbocycles. The smallest absolute Gasteiger partial charge is 0.262 e. The third-order valence-electron chi connectivity index (χ3n) is 5.98. The van der Waals surface area contributed by atoms with Crippen molar-refractivity contribution in [2.24, 2.45) is 0 Å². The lowest BCUT2D eigenvalue weighted by Crippen LogP contribution is -2.17. The molecule has 0 spiro atoms. The normalized spacial score (nSPS) is 11.6. The average molecular weight is 584 g/mol. The van der Waals surface area contributed by atoms with Crippen molar-refractivity contribution in [2.75, 3.05) is 14.8 Å². The van der Waals surface area contributed by atoms with Gasteiger partial charge in [-0.15, -0.1) is 0 Å². The van der Waals surface area contributed by atoms with Crippen molar-refractivity contribution in [3.8, 4) is 0 Å². The molecule has 0 atom stereocenters. The van der Waals surface area contributed by atoms with Crippen molar-refractivity contribution in [1.82, 2.24) is 0 Å². The van der Waals surface area contributed by atoms with Gasteiger partial charge in [-0.25, -0.2) is 16.8 Å². The number of rotatable bonds is 8. The Morgan fingerprint density at radius 2 is 1.36 bits per heavy atom. The summed E-state index contributed by atoms with van der Waals surface area (Å²) in [5.74, 6) is -0.551. The first-order chi connectivity index (χ1) is 18.4. The fourth-order valence-electron chi connectivity index (χ4n) is 3.70. The molecular formula is C28H26ClN3O5S2. The molecule has 3 N–H and O–H groups in total. The molecule has 0 aliphatic heterocycles. The van der Waals surface area contributed by atoms with Crippen molar-refractivity contribution in [1.29, 1.82) is 0 Å². The predicted molar refractivity (Wildman–Crippen MR) is 155 cm³/mol. The van der Waals surface area contributed by atoms with Crippen molar-refractivity contribution in [3.05, 3.63) is 112 Å². The first-order valence-electron chi connectivity index (χ1n) is 11.8. The van der Waals surface area contributed by atoms with Gasteiger partial charge < -0.3 is 5.32 Å². The molecule has 11 heteroatoms. The summed E-state index contributed by atoms with van der Waals surface area (Å²) in [6.07, 6.45) is 0. The van der Waals surface area contributed by atoms with Crippen molar-refractivity contribution >= 4 is 54.6 Å². The van der Waals surface area contributed by atoms with Crippen LogP contribution in [-0.2, 0) is 20.0 Å². The van der Waals surface area contributed by atoms with E-state index in [0.717, 1.165) is 5.56 Å². The van der Waals surface area contributed by atoms with Crippen LogP contribution < -0.4 is 14.8 Å². The van der Waals surface area contributed by atoms with Gasteiger partial charge in [-0.3, -0.25) is 14.2 Å². The van der Waals surface area contributed by atoms with Gasteiger partial charge in [0, 0.05) is 22.0 Å². The topological polar surface area (TPSA) is 121 Å². The van der Waals surface area contributed by atoms with Crippen LogP contribution in [0.15, 0.2) is 94.7 Å². The third kappa shape index (κ3) is 6.59. The predicted octanol–water partition coefficient (Wildman–Crippen LogP) is 6.12. The highest BCUT2D eigenvalue weighted by molar-refractivity contribution is 7.93. The lowest BCUT2D eigenvalue weighted by molar-refractivity contribution is 0.102. The van der Waals surface area contributed by atoms with Crippen LogP contribution in [0.5, 0.6) is 0 Å². The van der Waals surface area contributed by atoms with Gasteiger partial charge in [-0.2, -0.15) is 0 Å². The van der Waals surface area contributed by atoms with E-state index in [1.54, 1.807) is 62.4 Å². The van der Waals surface area contributed by atoms with Gasteiger partial charge in [0.2, 0.25) is 0 Å². The van der Waals surface area contributed by atoms with Gasteiger partial charge in [-0.05, 0) is 92.6 Å². The second-order valence-corrected chi connectivity index (χ2v) is 12.7. The molecule has 1 amide bonds. The zero-order valence-corrected chi connectivity index (χ0v) is 23.7. The number of anilines is 3. The van der Waals surface area contributed by atoms with Gasteiger partial charge in [-0.1, -0.05) is 41.4 Å². The summed E-state index contributed by atoms with van der Waals surface area (Å²) in [5, 5.41) is 3.11. The summed E-state index contributed by atoms with van der Waals surface area (Å²) < 4.78 is 56.8. The number of hydrogen-bond acceptors (Lipinski definition) is 5. The maximum atomic E-state index is 13.0. The molecule has 4 aromatic rings. The van der Waals surface area contributed by atoms with Crippen molar-refractivity contribution < 1.29 is 21.6 Å². The van der Waals surface area contributed by atoms with Gasteiger partial charge in [0.15, 0.2) is 0 Å². The molecule has 0 bridgehead atoms. The molecule has 4 rings (SSSR count). The van der Waals surface area contributed by atoms with Crippen LogP contribution in [-0.4, -0.2) is 22.7 Å². The SMILES string of the molecule is Cc1ccc(NS(=O)(=O)c2cc(C(=O)Nc3ccc(S(=O)(=O)Nc4cccc(Cl)c4C)cc3)ccc2C)cc1. The molecule has 0 heterocycles. The van der Waals surface area contributed by atoms with E-state index in [1.807, 2.05) is 6.92 Å². The van der Waals surface area contributed by atoms with Gasteiger partial charge >= 0.3 is 0 Å². The fourth-order valence-corrected chi connectivity index (χ4v) is 6.33. The monoisotopic (exact) mass is 583 g/mol. The lowest BCUT2D eigenvalue weighted by Gasteiger charge is -2.13. The Morgan fingerprint density at radius 3 is 2.03 bits per heavy atom. The van der Waals surface area contributed by atoms with E-state index in [1.165, 1.54) is 36.4 Å². The number of amides is 1. The van der Waals surface area contributed by atoms with Gasteiger partial charge in [0.25, 0.3) is 26.0 Å². The van der Waals surface area contributed by atoms with Gasteiger partial charge in [0.05, 0.1) is 15.5 Å². The zero-order valence-electron chi connectivity index (χ0n) is 21.3. The lowest BCUT2D eigenvalue weighted by atomic mass is 10.1. The average Bonchev–Trinajstić information content (AvgIpc) is 2.88. The van der Waals surface area contributed by atoms with Crippen molar-refractivity contribution in [3.63, 3.8) is 0 Å².